The van der Waals surface area contributed by atoms with E-state index in [1.54, 1.807) is 10.4 Å². The van der Waals surface area contributed by atoms with Crippen molar-refractivity contribution in [2.75, 3.05) is 20.1 Å². The lowest BCUT2D eigenvalue weighted by Gasteiger charge is -2.38. The van der Waals surface area contributed by atoms with E-state index in [9.17, 15) is 8.42 Å². The SMILES string of the molecule is CNC1(C)CCN(S(=O)(=O)/C=C/c2ccccc2)CC1. The largest absolute Gasteiger partial charge is 0.314 e. The summed E-state index contributed by atoms with van der Waals surface area (Å²) in [4.78, 5) is 0. The van der Waals surface area contributed by atoms with Gasteiger partial charge < -0.3 is 5.32 Å². The van der Waals surface area contributed by atoms with Gasteiger partial charge in [-0.15, -0.1) is 0 Å². The van der Waals surface area contributed by atoms with Gasteiger partial charge in [-0.2, -0.15) is 4.31 Å². The van der Waals surface area contributed by atoms with Gasteiger partial charge in [0.25, 0.3) is 0 Å². The van der Waals surface area contributed by atoms with Gasteiger partial charge in [0.15, 0.2) is 0 Å². The van der Waals surface area contributed by atoms with E-state index in [0.717, 1.165) is 18.4 Å². The summed E-state index contributed by atoms with van der Waals surface area (Å²) in [6.07, 6.45) is 3.32. The molecule has 20 heavy (non-hydrogen) atoms. The van der Waals surface area contributed by atoms with Crippen LogP contribution < -0.4 is 5.32 Å². The van der Waals surface area contributed by atoms with Crippen LogP contribution in [0.1, 0.15) is 25.3 Å². The Labute approximate surface area is 121 Å². The first kappa shape index (κ1) is 15.2. The second-order valence-corrected chi connectivity index (χ2v) is 7.29. The second-order valence-electron chi connectivity index (χ2n) is 5.47. The van der Waals surface area contributed by atoms with E-state index in [-0.39, 0.29) is 5.54 Å². The van der Waals surface area contributed by atoms with Crippen molar-refractivity contribution in [1.82, 2.24) is 9.62 Å². The van der Waals surface area contributed by atoms with Gasteiger partial charge in [0.05, 0.1) is 0 Å². The van der Waals surface area contributed by atoms with Gasteiger partial charge in [0, 0.05) is 24.0 Å². The van der Waals surface area contributed by atoms with E-state index in [4.69, 9.17) is 0 Å². The van der Waals surface area contributed by atoms with Gasteiger partial charge in [-0.1, -0.05) is 30.3 Å². The molecule has 2 rings (SSSR count). The highest BCUT2D eigenvalue weighted by Gasteiger charge is 2.32. The van der Waals surface area contributed by atoms with Crippen molar-refractivity contribution in [2.45, 2.75) is 25.3 Å². The van der Waals surface area contributed by atoms with E-state index in [1.165, 1.54) is 5.41 Å². The summed E-state index contributed by atoms with van der Waals surface area (Å²) in [5, 5.41) is 4.58. The highest BCUT2D eigenvalue weighted by molar-refractivity contribution is 7.92. The molecule has 0 saturated carbocycles. The summed E-state index contributed by atoms with van der Waals surface area (Å²) < 4.78 is 26.1. The molecule has 0 unspecified atom stereocenters. The molecule has 0 aromatic heterocycles. The molecule has 110 valence electrons. The van der Waals surface area contributed by atoms with E-state index in [0.29, 0.717) is 13.1 Å². The number of nitrogens with zero attached hydrogens (tertiary/aromatic N) is 1. The molecule has 0 aliphatic carbocycles. The molecule has 1 aromatic rings. The molecule has 1 aliphatic rings. The van der Waals surface area contributed by atoms with E-state index >= 15 is 0 Å². The molecule has 0 radical (unpaired) electrons. The lowest BCUT2D eigenvalue weighted by Crippen LogP contribution is -2.50. The van der Waals surface area contributed by atoms with Crippen LogP contribution in [0.25, 0.3) is 6.08 Å². The summed E-state index contributed by atoms with van der Waals surface area (Å²) in [6, 6.07) is 9.48. The van der Waals surface area contributed by atoms with Gasteiger partial charge >= 0.3 is 0 Å². The van der Waals surface area contributed by atoms with Crippen molar-refractivity contribution in [3.8, 4) is 0 Å². The molecule has 5 heteroatoms. The van der Waals surface area contributed by atoms with Crippen LogP contribution in [-0.4, -0.2) is 38.4 Å². The first-order valence-electron chi connectivity index (χ1n) is 6.87. The average Bonchev–Trinajstić information content (AvgIpc) is 2.47. The summed E-state index contributed by atoms with van der Waals surface area (Å²) >= 11 is 0. The van der Waals surface area contributed by atoms with Crippen molar-refractivity contribution in [3.05, 3.63) is 41.3 Å². The highest BCUT2D eigenvalue weighted by atomic mass is 32.2. The third kappa shape index (κ3) is 3.69. The second kappa shape index (κ2) is 6.08. The number of rotatable bonds is 4. The Balaban J connectivity index is 2.03. The van der Waals surface area contributed by atoms with Gasteiger partial charge in [-0.25, -0.2) is 8.42 Å². The Kier molecular flexibility index (Phi) is 4.62. The van der Waals surface area contributed by atoms with Crippen molar-refractivity contribution < 1.29 is 8.42 Å². The van der Waals surface area contributed by atoms with E-state index in [1.807, 2.05) is 37.4 Å². The minimum Gasteiger partial charge on any atom is -0.314 e. The van der Waals surface area contributed by atoms with Crippen molar-refractivity contribution >= 4 is 16.1 Å². The van der Waals surface area contributed by atoms with Crippen LogP contribution >= 0.6 is 0 Å². The topological polar surface area (TPSA) is 49.4 Å². The zero-order valence-corrected chi connectivity index (χ0v) is 12.9. The predicted octanol–water partition coefficient (Wildman–Crippen LogP) is 2.06. The maximum absolute atomic E-state index is 12.3. The average molecular weight is 294 g/mol. The Morgan fingerprint density at radius 3 is 2.35 bits per heavy atom. The maximum atomic E-state index is 12.3. The number of hydrogen-bond acceptors (Lipinski definition) is 3. The predicted molar refractivity (Wildman–Crippen MR) is 82.7 cm³/mol. The van der Waals surface area contributed by atoms with Crippen LogP contribution in [0.4, 0.5) is 0 Å². The Hall–Kier alpha value is -1.17. The molecule has 1 fully saturated rings. The van der Waals surface area contributed by atoms with Crippen LogP contribution in [0.2, 0.25) is 0 Å². The molecule has 0 amide bonds. The minimum atomic E-state index is -3.31. The third-order valence-corrected chi connectivity index (χ3v) is 5.59. The first-order valence-corrected chi connectivity index (χ1v) is 8.38. The molecule has 4 nitrogen and oxygen atoms in total. The molecule has 1 N–H and O–H groups in total. The van der Waals surface area contributed by atoms with Gasteiger partial charge in [-0.05, 0) is 38.5 Å². The zero-order valence-electron chi connectivity index (χ0n) is 12.0. The Morgan fingerprint density at radius 2 is 1.80 bits per heavy atom. The molecule has 0 bridgehead atoms. The van der Waals surface area contributed by atoms with Crippen LogP contribution in [0, 0.1) is 0 Å². The fourth-order valence-electron chi connectivity index (χ4n) is 2.30. The molecule has 1 saturated heterocycles. The summed E-state index contributed by atoms with van der Waals surface area (Å²) in [5.74, 6) is 0. The fraction of sp³-hybridized carbons (Fsp3) is 0.467. The summed E-state index contributed by atoms with van der Waals surface area (Å²) in [6.45, 7) is 3.27. The first-order chi connectivity index (χ1) is 9.45. The summed E-state index contributed by atoms with van der Waals surface area (Å²) in [7, 11) is -1.38. The van der Waals surface area contributed by atoms with Crippen molar-refractivity contribution in [3.63, 3.8) is 0 Å². The van der Waals surface area contributed by atoms with E-state index in [2.05, 4.69) is 12.2 Å². The lowest BCUT2D eigenvalue weighted by atomic mass is 9.91. The molecular formula is C15H22N2O2S. The fourth-order valence-corrected chi connectivity index (χ4v) is 3.49. The molecule has 0 atom stereocenters. The third-order valence-electron chi connectivity index (χ3n) is 4.02. The number of nitrogens with one attached hydrogen (secondary N) is 1. The summed E-state index contributed by atoms with van der Waals surface area (Å²) in [5.41, 5.74) is 0.947. The highest BCUT2D eigenvalue weighted by Crippen LogP contribution is 2.23. The molecule has 1 aromatic carbocycles. The normalized spacial score (nSPS) is 20.3. The van der Waals surface area contributed by atoms with Crippen LogP contribution in [-0.2, 0) is 10.0 Å². The van der Waals surface area contributed by atoms with Crippen LogP contribution in [0.3, 0.4) is 0 Å². The molecule has 1 heterocycles. The van der Waals surface area contributed by atoms with Crippen molar-refractivity contribution in [1.29, 1.82) is 0 Å². The van der Waals surface area contributed by atoms with Crippen molar-refractivity contribution in [2.24, 2.45) is 0 Å². The number of benzene rings is 1. The molecule has 0 spiro atoms. The van der Waals surface area contributed by atoms with Gasteiger partial charge in [0.2, 0.25) is 10.0 Å². The van der Waals surface area contributed by atoms with Gasteiger partial charge in [-0.3, -0.25) is 0 Å². The Bertz CT molecular complexity index is 559. The smallest absolute Gasteiger partial charge is 0.236 e. The van der Waals surface area contributed by atoms with Crippen LogP contribution in [0.5, 0.6) is 0 Å². The zero-order chi connectivity index (χ0) is 14.6. The monoisotopic (exact) mass is 294 g/mol. The molecule has 1 aliphatic heterocycles. The lowest BCUT2D eigenvalue weighted by molar-refractivity contribution is 0.221. The Morgan fingerprint density at radius 1 is 1.20 bits per heavy atom. The number of piperidine rings is 1. The number of sulfonamides is 1. The van der Waals surface area contributed by atoms with E-state index < -0.39 is 10.0 Å². The van der Waals surface area contributed by atoms with Gasteiger partial charge in [0.1, 0.15) is 0 Å². The van der Waals surface area contributed by atoms with Crippen LogP contribution in [0.15, 0.2) is 35.7 Å². The molecular weight excluding hydrogens is 272 g/mol. The standard InChI is InChI=1S/C15H22N2O2S/c1-15(16-2)9-11-17(12-10-15)20(18,19)13-8-14-6-4-3-5-7-14/h3-8,13,16H,9-12H2,1-2H3/b13-8+. The number of hydrogen-bond donors (Lipinski definition) is 1. The maximum Gasteiger partial charge on any atom is 0.236 e. The minimum absolute atomic E-state index is 0.0508. The quantitative estimate of drug-likeness (QED) is 0.925.